The maximum Gasteiger partial charge on any atom is 0.189 e. The van der Waals surface area contributed by atoms with Gasteiger partial charge in [-0.1, -0.05) is 32.0 Å². The Morgan fingerprint density at radius 3 is 2.83 bits per heavy atom. The smallest absolute Gasteiger partial charge is 0.189 e. The summed E-state index contributed by atoms with van der Waals surface area (Å²) in [6.07, 6.45) is 1.65. The predicted octanol–water partition coefficient (Wildman–Crippen LogP) is 1.65. The van der Waals surface area contributed by atoms with Gasteiger partial charge < -0.3 is 10.9 Å². The molecule has 1 heterocycles. The van der Waals surface area contributed by atoms with Gasteiger partial charge in [-0.2, -0.15) is 0 Å². The Morgan fingerprint density at radius 2 is 2.28 bits per heavy atom. The number of hydrogen-bond acceptors (Lipinski definition) is 4. The highest BCUT2D eigenvalue weighted by molar-refractivity contribution is 5.96. The van der Waals surface area contributed by atoms with Crippen molar-refractivity contribution < 1.29 is 5.21 Å². The second-order valence-electron chi connectivity index (χ2n) is 4.72. The summed E-state index contributed by atoms with van der Waals surface area (Å²) in [7, 11) is 0. The fourth-order valence-corrected chi connectivity index (χ4v) is 1.91. The lowest BCUT2D eigenvalue weighted by Crippen LogP contribution is -2.29. The number of hydrogen-bond donors (Lipinski definition) is 2. The molecule has 5 heteroatoms. The van der Waals surface area contributed by atoms with Crippen molar-refractivity contribution in [2.24, 2.45) is 16.8 Å². The Kier molecular flexibility index (Phi) is 5.58. The summed E-state index contributed by atoms with van der Waals surface area (Å²) in [5, 5.41) is 11.8. The molecule has 0 amide bonds. The molecule has 0 saturated carbocycles. The highest BCUT2D eigenvalue weighted by Gasteiger charge is 2.12. The molecule has 0 aliphatic heterocycles. The summed E-state index contributed by atoms with van der Waals surface area (Å²) in [5.74, 6) is 0.667. The third kappa shape index (κ3) is 4.00. The zero-order valence-electron chi connectivity index (χ0n) is 11.3. The molecule has 0 fully saturated rings. The maximum atomic E-state index is 8.76. The topological polar surface area (TPSA) is 74.7 Å². The molecule has 1 rings (SSSR count). The van der Waals surface area contributed by atoms with Crippen molar-refractivity contribution in [1.82, 2.24) is 9.88 Å². The van der Waals surface area contributed by atoms with E-state index in [0.29, 0.717) is 11.6 Å². The first-order valence-electron chi connectivity index (χ1n) is 6.22. The van der Waals surface area contributed by atoms with Crippen LogP contribution in [0.4, 0.5) is 0 Å². The van der Waals surface area contributed by atoms with Crippen molar-refractivity contribution in [3.05, 3.63) is 29.6 Å². The van der Waals surface area contributed by atoms with Gasteiger partial charge in [0.2, 0.25) is 0 Å². The number of amidine groups is 1. The van der Waals surface area contributed by atoms with Crippen LogP contribution in [-0.4, -0.2) is 34.0 Å². The van der Waals surface area contributed by atoms with E-state index in [2.05, 4.69) is 35.8 Å². The number of rotatable bonds is 6. The van der Waals surface area contributed by atoms with E-state index in [4.69, 9.17) is 10.9 Å². The van der Waals surface area contributed by atoms with Gasteiger partial charge in [0.15, 0.2) is 5.84 Å². The van der Waals surface area contributed by atoms with E-state index < -0.39 is 0 Å². The molecular weight excluding hydrogens is 228 g/mol. The molecule has 0 atom stereocenters. The number of pyridine rings is 1. The molecule has 0 unspecified atom stereocenters. The average Bonchev–Trinajstić information content (AvgIpc) is 2.37. The van der Waals surface area contributed by atoms with E-state index in [1.165, 1.54) is 0 Å². The lowest BCUT2D eigenvalue weighted by atomic mass is 10.1. The Hall–Kier alpha value is -1.62. The van der Waals surface area contributed by atoms with E-state index in [-0.39, 0.29) is 5.84 Å². The highest BCUT2D eigenvalue weighted by atomic mass is 16.4. The van der Waals surface area contributed by atoms with E-state index in [0.717, 1.165) is 25.2 Å². The number of aromatic nitrogens is 1. The van der Waals surface area contributed by atoms with Crippen LogP contribution in [-0.2, 0) is 6.54 Å². The zero-order chi connectivity index (χ0) is 13.5. The van der Waals surface area contributed by atoms with Crippen molar-refractivity contribution in [2.75, 3.05) is 13.1 Å². The first-order valence-corrected chi connectivity index (χ1v) is 6.22. The van der Waals surface area contributed by atoms with Crippen LogP contribution in [0.2, 0.25) is 0 Å². The molecule has 3 N–H and O–H groups in total. The van der Waals surface area contributed by atoms with E-state index in [9.17, 15) is 0 Å². The molecule has 1 aromatic heterocycles. The first kappa shape index (κ1) is 14.4. The van der Waals surface area contributed by atoms with Crippen LogP contribution in [0.15, 0.2) is 23.5 Å². The normalized spacial score (nSPS) is 12.4. The minimum atomic E-state index is 0.0613. The SMILES string of the molecule is CCN(Cc1cccnc1C(N)=NO)CC(C)C. The summed E-state index contributed by atoms with van der Waals surface area (Å²) < 4.78 is 0. The molecule has 0 aromatic carbocycles. The van der Waals surface area contributed by atoms with Gasteiger partial charge in [-0.25, -0.2) is 0 Å². The van der Waals surface area contributed by atoms with Crippen LogP contribution in [0.5, 0.6) is 0 Å². The first-order chi connectivity index (χ1) is 8.58. The van der Waals surface area contributed by atoms with Crippen LogP contribution in [0.25, 0.3) is 0 Å². The van der Waals surface area contributed by atoms with Gasteiger partial charge in [-0.3, -0.25) is 9.88 Å². The molecule has 5 nitrogen and oxygen atoms in total. The molecule has 0 saturated heterocycles. The average molecular weight is 250 g/mol. The summed E-state index contributed by atoms with van der Waals surface area (Å²) in [6, 6.07) is 3.83. The largest absolute Gasteiger partial charge is 0.409 e. The van der Waals surface area contributed by atoms with Gasteiger partial charge in [0.05, 0.1) is 0 Å². The van der Waals surface area contributed by atoms with E-state index in [1.807, 2.05) is 12.1 Å². The van der Waals surface area contributed by atoms with Gasteiger partial charge >= 0.3 is 0 Å². The molecule has 0 bridgehead atoms. The van der Waals surface area contributed by atoms with Crippen LogP contribution in [0.3, 0.4) is 0 Å². The molecular formula is C13H22N4O. The van der Waals surface area contributed by atoms with Gasteiger partial charge in [-0.05, 0) is 24.1 Å². The van der Waals surface area contributed by atoms with E-state index in [1.54, 1.807) is 6.20 Å². The van der Waals surface area contributed by atoms with Crippen molar-refractivity contribution in [3.63, 3.8) is 0 Å². The predicted molar refractivity (Wildman–Crippen MR) is 72.5 cm³/mol. The molecule has 0 spiro atoms. The number of nitrogens with zero attached hydrogens (tertiary/aromatic N) is 3. The van der Waals surface area contributed by atoms with Crippen LogP contribution < -0.4 is 5.73 Å². The van der Waals surface area contributed by atoms with Gasteiger partial charge in [0.1, 0.15) is 5.69 Å². The Labute approximate surface area is 108 Å². The number of nitrogens with two attached hydrogens (primary N) is 1. The lowest BCUT2D eigenvalue weighted by Gasteiger charge is -2.23. The molecule has 0 aliphatic rings. The summed E-state index contributed by atoms with van der Waals surface area (Å²) >= 11 is 0. The van der Waals surface area contributed by atoms with E-state index >= 15 is 0 Å². The summed E-state index contributed by atoms with van der Waals surface area (Å²) in [4.78, 5) is 6.49. The van der Waals surface area contributed by atoms with Crippen LogP contribution in [0, 0.1) is 5.92 Å². The molecule has 1 aromatic rings. The fraction of sp³-hybridized carbons (Fsp3) is 0.538. The monoisotopic (exact) mass is 250 g/mol. The summed E-state index contributed by atoms with van der Waals surface area (Å²) in [5.41, 5.74) is 7.17. The number of oxime groups is 1. The lowest BCUT2D eigenvalue weighted by molar-refractivity contribution is 0.248. The molecule has 0 radical (unpaired) electrons. The third-order valence-electron chi connectivity index (χ3n) is 2.71. The van der Waals surface area contributed by atoms with Crippen molar-refractivity contribution in [1.29, 1.82) is 0 Å². The maximum absolute atomic E-state index is 8.76. The van der Waals surface area contributed by atoms with Crippen LogP contribution >= 0.6 is 0 Å². The van der Waals surface area contributed by atoms with Crippen molar-refractivity contribution in [3.8, 4) is 0 Å². The molecule has 0 aliphatic carbocycles. The second kappa shape index (κ2) is 6.96. The van der Waals surface area contributed by atoms with Crippen LogP contribution in [0.1, 0.15) is 32.0 Å². The highest BCUT2D eigenvalue weighted by Crippen LogP contribution is 2.10. The van der Waals surface area contributed by atoms with Gasteiger partial charge in [-0.15, -0.1) is 0 Å². The minimum Gasteiger partial charge on any atom is -0.409 e. The quantitative estimate of drug-likeness (QED) is 0.348. The summed E-state index contributed by atoms with van der Waals surface area (Å²) in [6.45, 7) is 9.24. The Balaban J connectivity index is 2.89. The third-order valence-corrected chi connectivity index (χ3v) is 2.71. The molecule has 100 valence electrons. The molecule has 18 heavy (non-hydrogen) atoms. The van der Waals surface area contributed by atoms with Crippen molar-refractivity contribution >= 4 is 5.84 Å². The fourth-order valence-electron chi connectivity index (χ4n) is 1.91. The standard InChI is InChI=1S/C13H22N4O/c1-4-17(8-10(2)3)9-11-6-5-7-15-12(11)13(14)16-18/h5-7,10,18H,4,8-9H2,1-3H3,(H2,14,16). The van der Waals surface area contributed by atoms with Gasteiger partial charge in [0.25, 0.3) is 0 Å². The minimum absolute atomic E-state index is 0.0613. The zero-order valence-corrected chi connectivity index (χ0v) is 11.3. The van der Waals surface area contributed by atoms with Gasteiger partial charge in [0, 0.05) is 19.3 Å². The second-order valence-corrected chi connectivity index (χ2v) is 4.72. The van der Waals surface area contributed by atoms with Crippen molar-refractivity contribution in [2.45, 2.75) is 27.3 Å². The Morgan fingerprint density at radius 1 is 1.56 bits per heavy atom. The Bertz CT molecular complexity index is 404.